The quantitative estimate of drug-likeness (QED) is 0.654. The van der Waals surface area contributed by atoms with E-state index in [4.69, 9.17) is 23.2 Å². The number of nitrogens with zero attached hydrogens (tertiary/aromatic N) is 1. The van der Waals surface area contributed by atoms with Gasteiger partial charge in [-0.15, -0.1) is 0 Å². The zero-order valence-electron chi connectivity index (χ0n) is 11.2. The Morgan fingerprint density at radius 1 is 1.10 bits per heavy atom. The molecule has 0 spiro atoms. The molecule has 0 radical (unpaired) electrons. The third-order valence-electron chi connectivity index (χ3n) is 2.83. The Bertz CT molecular complexity index is 642. The number of rotatable bonds is 5. The molecule has 2 aromatic carbocycles. The number of hydrazone groups is 1. The third-order valence-corrected chi connectivity index (χ3v) is 3.57. The first kappa shape index (κ1) is 15.5. The van der Waals surface area contributed by atoms with Crippen LogP contribution in [0.15, 0.2) is 53.6 Å². The van der Waals surface area contributed by atoms with Crippen LogP contribution in [0.2, 0.25) is 10.0 Å². The van der Waals surface area contributed by atoms with Gasteiger partial charge in [0.2, 0.25) is 5.91 Å². The van der Waals surface area contributed by atoms with E-state index in [9.17, 15) is 4.79 Å². The molecule has 2 aromatic rings. The van der Waals surface area contributed by atoms with Gasteiger partial charge in [0.15, 0.2) is 0 Å². The van der Waals surface area contributed by atoms with Crippen molar-refractivity contribution in [2.24, 2.45) is 5.10 Å². The lowest BCUT2D eigenvalue weighted by Crippen LogP contribution is -2.17. The van der Waals surface area contributed by atoms with Gasteiger partial charge in [-0.05, 0) is 29.7 Å². The van der Waals surface area contributed by atoms with Crippen LogP contribution in [0.25, 0.3) is 0 Å². The molecule has 0 aliphatic heterocycles. The van der Waals surface area contributed by atoms with Crippen LogP contribution in [0.1, 0.15) is 17.5 Å². The molecule has 1 amide bonds. The van der Waals surface area contributed by atoms with Crippen molar-refractivity contribution in [1.29, 1.82) is 0 Å². The van der Waals surface area contributed by atoms with E-state index in [1.54, 1.807) is 18.2 Å². The molecule has 0 saturated heterocycles. The van der Waals surface area contributed by atoms with Crippen molar-refractivity contribution in [3.05, 3.63) is 69.7 Å². The zero-order chi connectivity index (χ0) is 15.1. The van der Waals surface area contributed by atoms with Gasteiger partial charge in [0.05, 0.1) is 16.3 Å². The summed E-state index contributed by atoms with van der Waals surface area (Å²) in [6.07, 6.45) is 2.61. The average molecular weight is 321 g/mol. The largest absolute Gasteiger partial charge is 0.273 e. The lowest BCUT2D eigenvalue weighted by molar-refractivity contribution is -0.121. The van der Waals surface area contributed by atoms with Crippen molar-refractivity contribution in [2.75, 3.05) is 0 Å². The minimum atomic E-state index is -0.129. The number of hydrogen-bond acceptors (Lipinski definition) is 2. The highest BCUT2D eigenvalue weighted by atomic mass is 35.5. The normalized spacial score (nSPS) is 10.8. The summed E-state index contributed by atoms with van der Waals surface area (Å²) in [7, 11) is 0. The second kappa shape index (κ2) is 7.81. The lowest BCUT2D eigenvalue weighted by atomic mass is 10.1. The maximum Gasteiger partial charge on any atom is 0.240 e. The number of hydrogen-bond donors (Lipinski definition) is 1. The standard InChI is InChI=1S/C16H14Cl2N2O/c17-14-8-6-13(10-15(14)18)11-19-20-16(21)9-7-12-4-2-1-3-5-12/h1-6,8,10-11H,7,9H2,(H,20,21). The third kappa shape index (κ3) is 5.21. The minimum absolute atomic E-state index is 0.129. The van der Waals surface area contributed by atoms with Gasteiger partial charge < -0.3 is 0 Å². The van der Waals surface area contributed by atoms with Gasteiger partial charge in [-0.25, -0.2) is 5.43 Å². The van der Waals surface area contributed by atoms with Gasteiger partial charge in [-0.2, -0.15) is 5.10 Å². The first-order chi connectivity index (χ1) is 10.1. The number of aryl methyl sites for hydroxylation is 1. The molecule has 0 atom stereocenters. The number of benzene rings is 2. The van der Waals surface area contributed by atoms with E-state index in [1.807, 2.05) is 30.3 Å². The number of carbonyl (C=O) groups is 1. The van der Waals surface area contributed by atoms with Gasteiger partial charge >= 0.3 is 0 Å². The molecule has 0 bridgehead atoms. The summed E-state index contributed by atoms with van der Waals surface area (Å²) in [5.41, 5.74) is 4.39. The molecule has 3 nitrogen and oxygen atoms in total. The van der Waals surface area contributed by atoms with Crippen LogP contribution in [0.4, 0.5) is 0 Å². The number of carbonyl (C=O) groups excluding carboxylic acids is 1. The van der Waals surface area contributed by atoms with E-state index in [2.05, 4.69) is 10.5 Å². The Morgan fingerprint density at radius 2 is 1.86 bits per heavy atom. The molecule has 0 aliphatic rings. The molecule has 2 rings (SSSR count). The van der Waals surface area contributed by atoms with Crippen molar-refractivity contribution in [2.45, 2.75) is 12.8 Å². The van der Waals surface area contributed by atoms with Gasteiger partial charge in [-0.3, -0.25) is 4.79 Å². The Morgan fingerprint density at radius 3 is 2.57 bits per heavy atom. The highest BCUT2D eigenvalue weighted by Crippen LogP contribution is 2.21. The molecule has 5 heteroatoms. The summed E-state index contributed by atoms with van der Waals surface area (Å²) in [5, 5.41) is 4.84. The molecule has 0 aromatic heterocycles. The maximum absolute atomic E-state index is 11.7. The van der Waals surface area contributed by atoms with Crippen molar-refractivity contribution in [1.82, 2.24) is 5.43 Å². The van der Waals surface area contributed by atoms with Crippen molar-refractivity contribution in [3.63, 3.8) is 0 Å². The van der Waals surface area contributed by atoms with Gasteiger partial charge in [0, 0.05) is 6.42 Å². The molecule has 0 heterocycles. The fourth-order valence-corrected chi connectivity index (χ4v) is 2.04. The zero-order valence-corrected chi connectivity index (χ0v) is 12.7. The summed E-state index contributed by atoms with van der Waals surface area (Å²) >= 11 is 11.7. The van der Waals surface area contributed by atoms with Crippen LogP contribution in [0.5, 0.6) is 0 Å². The Balaban J connectivity index is 1.80. The molecule has 0 aliphatic carbocycles. The first-order valence-electron chi connectivity index (χ1n) is 6.46. The number of amides is 1. The van der Waals surface area contributed by atoms with Crippen LogP contribution in [0.3, 0.4) is 0 Å². The molecule has 1 N–H and O–H groups in total. The predicted octanol–water partition coefficient (Wildman–Crippen LogP) is 4.08. The van der Waals surface area contributed by atoms with E-state index >= 15 is 0 Å². The van der Waals surface area contributed by atoms with E-state index in [-0.39, 0.29) is 5.91 Å². The molecule has 0 saturated carbocycles. The topological polar surface area (TPSA) is 41.5 Å². The van der Waals surface area contributed by atoms with Gasteiger partial charge in [-0.1, -0.05) is 59.6 Å². The smallest absolute Gasteiger partial charge is 0.240 e. The van der Waals surface area contributed by atoms with Crippen LogP contribution >= 0.6 is 23.2 Å². The number of nitrogens with one attached hydrogen (secondary N) is 1. The van der Waals surface area contributed by atoms with Crippen molar-refractivity contribution >= 4 is 35.3 Å². The minimum Gasteiger partial charge on any atom is -0.273 e. The fourth-order valence-electron chi connectivity index (χ4n) is 1.73. The predicted molar refractivity (Wildman–Crippen MR) is 87.0 cm³/mol. The Labute approximate surface area is 133 Å². The molecule has 0 unspecified atom stereocenters. The summed E-state index contributed by atoms with van der Waals surface area (Å²) in [6.45, 7) is 0. The fraction of sp³-hybridized carbons (Fsp3) is 0.125. The summed E-state index contributed by atoms with van der Waals surface area (Å²) in [5.74, 6) is -0.129. The highest BCUT2D eigenvalue weighted by Gasteiger charge is 2.01. The monoisotopic (exact) mass is 320 g/mol. The summed E-state index contributed by atoms with van der Waals surface area (Å²) < 4.78 is 0. The SMILES string of the molecule is O=C(CCc1ccccc1)NN=Cc1ccc(Cl)c(Cl)c1. The van der Waals surface area contributed by atoms with Crippen LogP contribution in [0, 0.1) is 0 Å². The molecule has 108 valence electrons. The second-order valence-electron chi connectivity index (χ2n) is 4.45. The van der Waals surface area contributed by atoms with E-state index in [1.165, 1.54) is 6.21 Å². The molecule has 0 fully saturated rings. The van der Waals surface area contributed by atoms with Crippen molar-refractivity contribution < 1.29 is 4.79 Å². The summed E-state index contributed by atoms with van der Waals surface area (Å²) in [6, 6.07) is 15.0. The van der Waals surface area contributed by atoms with Crippen molar-refractivity contribution in [3.8, 4) is 0 Å². The van der Waals surface area contributed by atoms with E-state index in [0.717, 1.165) is 11.1 Å². The molecular formula is C16H14Cl2N2O. The van der Waals surface area contributed by atoms with Gasteiger partial charge in [0.1, 0.15) is 0 Å². The maximum atomic E-state index is 11.7. The highest BCUT2D eigenvalue weighted by molar-refractivity contribution is 6.42. The Kier molecular flexibility index (Phi) is 5.78. The van der Waals surface area contributed by atoms with E-state index < -0.39 is 0 Å². The first-order valence-corrected chi connectivity index (χ1v) is 7.21. The lowest BCUT2D eigenvalue weighted by Gasteiger charge is -2.01. The molecule has 21 heavy (non-hydrogen) atoms. The van der Waals surface area contributed by atoms with Crippen LogP contribution in [-0.4, -0.2) is 12.1 Å². The second-order valence-corrected chi connectivity index (χ2v) is 5.27. The number of halogens is 2. The van der Waals surface area contributed by atoms with E-state index in [0.29, 0.717) is 22.9 Å². The van der Waals surface area contributed by atoms with Crippen LogP contribution < -0.4 is 5.43 Å². The summed E-state index contributed by atoms with van der Waals surface area (Å²) in [4.78, 5) is 11.7. The van der Waals surface area contributed by atoms with Gasteiger partial charge in [0.25, 0.3) is 0 Å². The average Bonchev–Trinajstić information content (AvgIpc) is 2.50. The Hall–Kier alpha value is -1.84. The molecular weight excluding hydrogens is 307 g/mol. The van der Waals surface area contributed by atoms with Crippen LogP contribution in [-0.2, 0) is 11.2 Å².